The second-order valence-corrected chi connectivity index (χ2v) is 9.36. The molecule has 6 nitrogen and oxygen atoms in total. The van der Waals surface area contributed by atoms with Gasteiger partial charge in [0.1, 0.15) is 18.1 Å². The monoisotopic (exact) mass is 507 g/mol. The fraction of sp³-hybridized carbons (Fsp3) is 0.188. The molecule has 1 N–H and O–H groups in total. The van der Waals surface area contributed by atoms with Crippen molar-refractivity contribution in [2.45, 2.75) is 19.6 Å². The summed E-state index contributed by atoms with van der Waals surface area (Å²) in [6, 6.07) is 27.8. The van der Waals surface area contributed by atoms with E-state index in [4.69, 9.17) is 9.47 Å². The van der Waals surface area contributed by atoms with E-state index in [1.807, 2.05) is 91.9 Å². The molecule has 1 saturated heterocycles. The number of hydrogen-bond donors (Lipinski definition) is 1. The lowest BCUT2D eigenvalue weighted by Gasteiger charge is -2.25. The van der Waals surface area contributed by atoms with Gasteiger partial charge in [-0.15, -0.1) is 0 Å². The Balaban J connectivity index is 1.52. The van der Waals surface area contributed by atoms with Crippen molar-refractivity contribution in [1.29, 1.82) is 0 Å². The standard InChI is InChI=1S/C32H29NO5/c1-21-10-12-22(13-11-21)20-38-25-16-14-24(15-17-25)29-28(31(35)32(36)33(29)18-19-37-2)30(34)27-9-5-7-23-6-3-4-8-26(23)27/h3-17,29,34H,18-20H2,1-2H3/b30-28-. The maximum absolute atomic E-state index is 13.3. The van der Waals surface area contributed by atoms with Crippen molar-refractivity contribution in [1.82, 2.24) is 4.90 Å². The third-order valence-electron chi connectivity index (χ3n) is 6.84. The maximum Gasteiger partial charge on any atom is 0.295 e. The molecule has 4 aromatic rings. The zero-order chi connectivity index (χ0) is 26.6. The van der Waals surface area contributed by atoms with Crippen molar-refractivity contribution in [3.63, 3.8) is 0 Å². The maximum atomic E-state index is 13.3. The third kappa shape index (κ3) is 4.91. The molecule has 192 valence electrons. The Morgan fingerprint density at radius 3 is 2.34 bits per heavy atom. The van der Waals surface area contributed by atoms with E-state index in [1.54, 1.807) is 13.2 Å². The molecule has 1 heterocycles. The summed E-state index contributed by atoms with van der Waals surface area (Å²) in [6.45, 7) is 2.94. The Bertz CT molecular complexity index is 1500. The van der Waals surface area contributed by atoms with Crippen LogP contribution in [-0.4, -0.2) is 42.0 Å². The summed E-state index contributed by atoms with van der Waals surface area (Å²) in [5.74, 6) is -0.897. The number of nitrogens with zero attached hydrogens (tertiary/aromatic N) is 1. The number of carbonyl (C=O) groups is 2. The lowest BCUT2D eigenvalue weighted by Crippen LogP contribution is -2.32. The molecule has 1 fully saturated rings. The summed E-state index contributed by atoms with van der Waals surface area (Å²) in [5.41, 5.74) is 3.52. The van der Waals surface area contributed by atoms with Gasteiger partial charge in [0.15, 0.2) is 0 Å². The van der Waals surface area contributed by atoms with Gasteiger partial charge in [-0.3, -0.25) is 9.59 Å². The van der Waals surface area contributed by atoms with Crippen LogP contribution in [0.3, 0.4) is 0 Å². The van der Waals surface area contributed by atoms with E-state index in [0.29, 0.717) is 23.5 Å². The second-order valence-electron chi connectivity index (χ2n) is 9.36. The fourth-order valence-electron chi connectivity index (χ4n) is 4.82. The molecule has 1 atom stereocenters. The smallest absolute Gasteiger partial charge is 0.295 e. The van der Waals surface area contributed by atoms with Crippen LogP contribution in [0, 0.1) is 6.92 Å². The Hall–Kier alpha value is -4.42. The van der Waals surface area contributed by atoms with E-state index in [9.17, 15) is 14.7 Å². The van der Waals surface area contributed by atoms with Crippen molar-refractivity contribution in [2.75, 3.05) is 20.3 Å². The Kier molecular flexibility index (Phi) is 7.24. The van der Waals surface area contributed by atoms with Crippen LogP contribution in [0.1, 0.15) is 28.3 Å². The minimum absolute atomic E-state index is 0.0655. The highest BCUT2D eigenvalue weighted by atomic mass is 16.5. The van der Waals surface area contributed by atoms with E-state index in [2.05, 4.69) is 0 Å². The molecule has 1 aliphatic heterocycles. The summed E-state index contributed by atoms with van der Waals surface area (Å²) >= 11 is 0. The third-order valence-corrected chi connectivity index (χ3v) is 6.84. The van der Waals surface area contributed by atoms with E-state index in [0.717, 1.165) is 16.3 Å². The Labute approximate surface area is 221 Å². The average Bonchev–Trinajstić information content (AvgIpc) is 3.20. The van der Waals surface area contributed by atoms with Crippen LogP contribution >= 0.6 is 0 Å². The van der Waals surface area contributed by atoms with E-state index >= 15 is 0 Å². The Morgan fingerprint density at radius 2 is 1.61 bits per heavy atom. The number of likely N-dealkylation sites (tertiary alicyclic amines) is 1. The van der Waals surface area contributed by atoms with Gasteiger partial charge in [0.25, 0.3) is 11.7 Å². The van der Waals surface area contributed by atoms with Gasteiger partial charge < -0.3 is 19.5 Å². The highest BCUT2D eigenvalue weighted by Crippen LogP contribution is 2.40. The largest absolute Gasteiger partial charge is 0.507 e. The van der Waals surface area contributed by atoms with Gasteiger partial charge in [-0.05, 0) is 41.0 Å². The molecule has 6 heteroatoms. The summed E-state index contributed by atoms with van der Waals surface area (Å²) in [4.78, 5) is 27.9. The van der Waals surface area contributed by atoms with Crippen LogP contribution in [0.15, 0.2) is 96.6 Å². The highest BCUT2D eigenvalue weighted by Gasteiger charge is 2.46. The molecular weight excluding hydrogens is 478 g/mol. The van der Waals surface area contributed by atoms with E-state index < -0.39 is 17.7 Å². The molecular formula is C32H29NO5. The van der Waals surface area contributed by atoms with Gasteiger partial charge >= 0.3 is 0 Å². The number of ether oxygens (including phenoxy) is 2. The quantitative estimate of drug-likeness (QED) is 0.185. The number of fused-ring (bicyclic) bond motifs is 1. The predicted molar refractivity (Wildman–Crippen MR) is 147 cm³/mol. The SMILES string of the molecule is COCCN1C(=O)C(=O)/C(=C(\O)c2cccc3ccccc23)C1c1ccc(OCc2ccc(C)cc2)cc1. The molecule has 0 spiro atoms. The zero-order valence-corrected chi connectivity index (χ0v) is 21.4. The molecule has 0 saturated carbocycles. The van der Waals surface area contributed by atoms with Crippen LogP contribution in [0.2, 0.25) is 0 Å². The van der Waals surface area contributed by atoms with Crippen molar-refractivity contribution in [2.24, 2.45) is 0 Å². The molecule has 5 rings (SSSR count). The summed E-state index contributed by atoms with van der Waals surface area (Å²) in [5, 5.41) is 13.2. The summed E-state index contributed by atoms with van der Waals surface area (Å²) in [7, 11) is 1.54. The molecule has 0 bridgehead atoms. The van der Waals surface area contributed by atoms with E-state index in [-0.39, 0.29) is 24.5 Å². The molecule has 4 aromatic carbocycles. The van der Waals surface area contributed by atoms with E-state index in [1.165, 1.54) is 10.5 Å². The van der Waals surface area contributed by atoms with Crippen molar-refractivity contribution >= 4 is 28.2 Å². The van der Waals surface area contributed by atoms with Gasteiger partial charge in [-0.25, -0.2) is 0 Å². The van der Waals surface area contributed by atoms with Gasteiger partial charge in [0, 0.05) is 19.2 Å². The number of methoxy groups -OCH3 is 1. The first-order valence-corrected chi connectivity index (χ1v) is 12.5. The van der Waals surface area contributed by atoms with Gasteiger partial charge in [-0.1, -0.05) is 84.4 Å². The minimum atomic E-state index is -0.754. The number of carbonyl (C=O) groups excluding carboxylic acids is 2. The zero-order valence-electron chi connectivity index (χ0n) is 21.4. The summed E-state index contributed by atoms with van der Waals surface area (Å²) in [6.07, 6.45) is 0. The van der Waals surface area contributed by atoms with Crippen molar-refractivity contribution in [3.8, 4) is 5.75 Å². The fourth-order valence-corrected chi connectivity index (χ4v) is 4.82. The van der Waals surface area contributed by atoms with Crippen LogP contribution in [0.5, 0.6) is 5.75 Å². The molecule has 0 aliphatic carbocycles. The van der Waals surface area contributed by atoms with Crippen molar-refractivity contribution in [3.05, 3.63) is 119 Å². The number of amides is 1. The topological polar surface area (TPSA) is 76.1 Å². The van der Waals surface area contributed by atoms with Gasteiger partial charge in [0.05, 0.1) is 18.2 Å². The number of hydrogen-bond acceptors (Lipinski definition) is 5. The molecule has 1 amide bonds. The first-order chi connectivity index (χ1) is 18.5. The summed E-state index contributed by atoms with van der Waals surface area (Å²) < 4.78 is 11.2. The molecule has 1 aliphatic rings. The second kappa shape index (κ2) is 10.9. The molecule has 0 aromatic heterocycles. The van der Waals surface area contributed by atoms with Crippen LogP contribution in [0.4, 0.5) is 0 Å². The number of rotatable bonds is 8. The lowest BCUT2D eigenvalue weighted by molar-refractivity contribution is -0.140. The van der Waals surface area contributed by atoms with Gasteiger partial charge in [-0.2, -0.15) is 0 Å². The number of Topliss-reactive ketones (excluding diaryl/α,β-unsaturated/α-hetero) is 1. The predicted octanol–water partition coefficient (Wildman–Crippen LogP) is 5.80. The van der Waals surface area contributed by atoms with Crippen molar-refractivity contribution < 1.29 is 24.2 Å². The number of benzene rings is 4. The normalized spacial score (nSPS) is 16.8. The highest BCUT2D eigenvalue weighted by molar-refractivity contribution is 6.46. The number of ketones is 1. The first-order valence-electron chi connectivity index (χ1n) is 12.5. The van der Waals surface area contributed by atoms with Gasteiger partial charge in [0.2, 0.25) is 0 Å². The first kappa shape index (κ1) is 25.2. The average molecular weight is 508 g/mol. The van der Waals surface area contributed by atoms with Crippen LogP contribution < -0.4 is 4.74 Å². The number of aliphatic hydroxyl groups is 1. The minimum Gasteiger partial charge on any atom is -0.507 e. The van der Waals surface area contributed by atoms with Crippen LogP contribution in [0.25, 0.3) is 16.5 Å². The molecule has 38 heavy (non-hydrogen) atoms. The van der Waals surface area contributed by atoms with Crippen LogP contribution in [-0.2, 0) is 20.9 Å². The molecule has 1 unspecified atom stereocenters. The number of aliphatic hydroxyl groups excluding tert-OH is 1. The Morgan fingerprint density at radius 1 is 0.895 bits per heavy atom. The number of aryl methyl sites for hydroxylation is 1. The molecule has 0 radical (unpaired) electrons. The lowest BCUT2D eigenvalue weighted by atomic mass is 9.93.